The summed E-state index contributed by atoms with van der Waals surface area (Å²) in [5.74, 6) is -0.271. The number of nitrogens with two attached hydrogens (primary N) is 1. The monoisotopic (exact) mass is 357 g/mol. The topological polar surface area (TPSA) is 89.6 Å². The van der Waals surface area contributed by atoms with Crippen LogP contribution in [0.15, 0.2) is 60.7 Å². The lowest BCUT2D eigenvalue weighted by Gasteiger charge is -2.09. The Kier molecular flexibility index (Phi) is 10.4. The molecule has 0 saturated carbocycles. The van der Waals surface area contributed by atoms with Crippen molar-refractivity contribution in [1.29, 1.82) is 0 Å². The van der Waals surface area contributed by atoms with Crippen LogP contribution in [0.3, 0.4) is 0 Å². The number of ether oxygens (including phenoxy) is 1. The zero-order valence-corrected chi connectivity index (χ0v) is 15.1. The standard InChI is InChI=1S/C14H12O2.C7H15NO2/c15-13(11-7-3-1-4-8-11)14(16)12-9-5-2-6-10-12;1-2-3-4-5-6-10-7(8)9/h1-10,13,15H;2-6H2,1H3,(H2,8,9). The molecule has 2 rings (SSSR count). The summed E-state index contributed by atoms with van der Waals surface area (Å²) in [6.45, 7) is 2.60. The maximum Gasteiger partial charge on any atom is 0.404 e. The number of benzene rings is 2. The largest absolute Gasteiger partial charge is 0.450 e. The first-order valence-corrected chi connectivity index (χ1v) is 8.80. The summed E-state index contributed by atoms with van der Waals surface area (Å²) < 4.78 is 4.53. The second-order valence-electron chi connectivity index (χ2n) is 5.77. The molecule has 5 heteroatoms. The molecule has 140 valence electrons. The van der Waals surface area contributed by atoms with E-state index >= 15 is 0 Å². The van der Waals surface area contributed by atoms with Gasteiger partial charge in [0.2, 0.25) is 0 Å². The van der Waals surface area contributed by atoms with E-state index in [4.69, 9.17) is 5.73 Å². The molecule has 0 radical (unpaired) electrons. The van der Waals surface area contributed by atoms with Gasteiger partial charge in [-0.05, 0) is 12.0 Å². The normalized spacial score (nSPS) is 11.0. The number of Topliss-reactive ketones (excluding diaryl/α,β-unsaturated/α-hetero) is 1. The van der Waals surface area contributed by atoms with Gasteiger partial charge in [-0.15, -0.1) is 0 Å². The molecule has 0 aliphatic rings. The molecule has 0 aliphatic carbocycles. The number of carbonyl (C=O) groups excluding carboxylic acids is 2. The van der Waals surface area contributed by atoms with Crippen LogP contribution in [0.1, 0.15) is 54.6 Å². The summed E-state index contributed by atoms with van der Waals surface area (Å²) in [6, 6.07) is 17.7. The van der Waals surface area contributed by atoms with Crippen molar-refractivity contribution in [2.75, 3.05) is 6.61 Å². The van der Waals surface area contributed by atoms with E-state index < -0.39 is 12.2 Å². The Morgan fingerprint density at radius 1 is 0.962 bits per heavy atom. The average Bonchev–Trinajstić information content (AvgIpc) is 2.68. The average molecular weight is 357 g/mol. The summed E-state index contributed by atoms with van der Waals surface area (Å²) in [7, 11) is 0. The lowest BCUT2D eigenvalue weighted by molar-refractivity contribution is 0.0747. The van der Waals surface area contributed by atoms with Gasteiger partial charge in [-0.25, -0.2) is 4.79 Å². The van der Waals surface area contributed by atoms with E-state index in [1.165, 1.54) is 12.8 Å². The Labute approximate surface area is 154 Å². The van der Waals surface area contributed by atoms with Crippen LogP contribution in [-0.4, -0.2) is 23.6 Å². The highest BCUT2D eigenvalue weighted by Gasteiger charge is 2.18. The maximum absolute atomic E-state index is 11.9. The van der Waals surface area contributed by atoms with Crippen LogP contribution in [0.5, 0.6) is 0 Å². The van der Waals surface area contributed by atoms with E-state index in [1.54, 1.807) is 48.5 Å². The fourth-order valence-corrected chi connectivity index (χ4v) is 2.25. The zero-order chi connectivity index (χ0) is 19.2. The number of aliphatic hydroxyl groups excluding tert-OH is 1. The van der Waals surface area contributed by atoms with Gasteiger partial charge in [-0.3, -0.25) is 4.79 Å². The van der Waals surface area contributed by atoms with Crippen molar-refractivity contribution in [3.8, 4) is 0 Å². The van der Waals surface area contributed by atoms with E-state index in [1.807, 2.05) is 12.1 Å². The highest BCUT2D eigenvalue weighted by atomic mass is 16.5. The molecule has 2 aromatic carbocycles. The minimum absolute atomic E-state index is 0.271. The maximum atomic E-state index is 11.9. The number of aliphatic hydroxyl groups is 1. The van der Waals surface area contributed by atoms with Gasteiger partial charge in [0.05, 0.1) is 6.61 Å². The fourth-order valence-electron chi connectivity index (χ4n) is 2.25. The van der Waals surface area contributed by atoms with Gasteiger partial charge in [-0.2, -0.15) is 0 Å². The number of hydrogen-bond donors (Lipinski definition) is 2. The predicted molar refractivity (Wildman–Crippen MR) is 102 cm³/mol. The number of hydrogen-bond acceptors (Lipinski definition) is 4. The molecule has 0 bridgehead atoms. The molecule has 0 saturated heterocycles. The minimum Gasteiger partial charge on any atom is -0.450 e. The predicted octanol–water partition coefficient (Wildman–Crippen LogP) is 4.26. The van der Waals surface area contributed by atoms with Gasteiger partial charge in [0.15, 0.2) is 5.78 Å². The van der Waals surface area contributed by atoms with Gasteiger partial charge in [0.25, 0.3) is 0 Å². The molecular formula is C21H27NO4. The van der Waals surface area contributed by atoms with Crippen LogP contribution in [-0.2, 0) is 4.74 Å². The number of primary amides is 1. The molecule has 0 aromatic heterocycles. The highest BCUT2D eigenvalue weighted by Crippen LogP contribution is 2.17. The number of unbranched alkanes of at least 4 members (excludes halogenated alkanes) is 3. The first-order chi connectivity index (χ1) is 12.6. The Balaban J connectivity index is 0.000000294. The number of carbonyl (C=O) groups is 2. The van der Waals surface area contributed by atoms with Crippen LogP contribution in [0.2, 0.25) is 0 Å². The van der Waals surface area contributed by atoms with E-state index in [2.05, 4.69) is 11.7 Å². The minimum atomic E-state index is -1.08. The van der Waals surface area contributed by atoms with Crippen LogP contribution in [0, 0.1) is 0 Å². The van der Waals surface area contributed by atoms with Crippen LogP contribution in [0.25, 0.3) is 0 Å². The summed E-state index contributed by atoms with van der Waals surface area (Å²) >= 11 is 0. The molecule has 1 unspecified atom stereocenters. The second-order valence-corrected chi connectivity index (χ2v) is 5.77. The van der Waals surface area contributed by atoms with Crippen molar-refractivity contribution in [2.24, 2.45) is 5.73 Å². The number of rotatable bonds is 8. The van der Waals surface area contributed by atoms with Crippen molar-refractivity contribution in [3.63, 3.8) is 0 Å². The molecule has 1 amide bonds. The van der Waals surface area contributed by atoms with E-state index in [0.29, 0.717) is 17.7 Å². The van der Waals surface area contributed by atoms with E-state index in [-0.39, 0.29) is 5.78 Å². The summed E-state index contributed by atoms with van der Waals surface area (Å²) in [6.07, 6.45) is 2.68. The van der Waals surface area contributed by atoms with Crippen molar-refractivity contribution >= 4 is 11.9 Å². The first kappa shape index (κ1) is 21.4. The Hall–Kier alpha value is -2.66. The SMILES string of the molecule is CCCCCCOC(N)=O.O=C(c1ccccc1)C(O)c1ccccc1. The molecule has 1 atom stereocenters. The molecule has 0 fully saturated rings. The molecule has 0 heterocycles. The summed E-state index contributed by atoms with van der Waals surface area (Å²) in [5, 5.41) is 9.89. The summed E-state index contributed by atoms with van der Waals surface area (Å²) in [4.78, 5) is 21.9. The molecule has 2 aromatic rings. The molecule has 5 nitrogen and oxygen atoms in total. The van der Waals surface area contributed by atoms with E-state index in [0.717, 1.165) is 12.8 Å². The first-order valence-electron chi connectivity index (χ1n) is 8.80. The zero-order valence-electron chi connectivity index (χ0n) is 15.1. The second kappa shape index (κ2) is 12.7. The molecule has 0 spiro atoms. The summed E-state index contributed by atoms with van der Waals surface area (Å²) in [5.41, 5.74) is 5.89. The quantitative estimate of drug-likeness (QED) is 0.545. The Morgan fingerprint density at radius 3 is 2.08 bits per heavy atom. The van der Waals surface area contributed by atoms with Gasteiger partial charge in [0.1, 0.15) is 6.10 Å². The van der Waals surface area contributed by atoms with Crippen molar-refractivity contribution in [1.82, 2.24) is 0 Å². The van der Waals surface area contributed by atoms with Gasteiger partial charge < -0.3 is 15.6 Å². The third-order valence-electron chi connectivity index (χ3n) is 3.66. The van der Waals surface area contributed by atoms with E-state index in [9.17, 15) is 14.7 Å². The number of amides is 1. The smallest absolute Gasteiger partial charge is 0.404 e. The fraction of sp³-hybridized carbons (Fsp3) is 0.333. The molecular weight excluding hydrogens is 330 g/mol. The molecule has 3 N–H and O–H groups in total. The van der Waals surface area contributed by atoms with Crippen molar-refractivity contribution in [2.45, 2.75) is 38.7 Å². The van der Waals surface area contributed by atoms with Crippen LogP contribution in [0.4, 0.5) is 4.79 Å². The lowest BCUT2D eigenvalue weighted by Crippen LogP contribution is -2.13. The van der Waals surface area contributed by atoms with Crippen molar-refractivity contribution in [3.05, 3.63) is 71.8 Å². The Morgan fingerprint density at radius 2 is 1.54 bits per heavy atom. The molecule has 26 heavy (non-hydrogen) atoms. The molecule has 0 aliphatic heterocycles. The number of ketones is 1. The van der Waals surface area contributed by atoms with Gasteiger partial charge >= 0.3 is 6.09 Å². The Bertz CT molecular complexity index is 644. The van der Waals surface area contributed by atoms with Crippen molar-refractivity contribution < 1.29 is 19.4 Å². The highest BCUT2D eigenvalue weighted by molar-refractivity contribution is 5.99. The lowest BCUT2D eigenvalue weighted by atomic mass is 10.0. The van der Waals surface area contributed by atoms with Gasteiger partial charge in [0, 0.05) is 5.56 Å². The third-order valence-corrected chi connectivity index (χ3v) is 3.66. The van der Waals surface area contributed by atoms with Crippen LogP contribution < -0.4 is 5.73 Å². The van der Waals surface area contributed by atoms with Gasteiger partial charge in [-0.1, -0.05) is 86.8 Å². The van der Waals surface area contributed by atoms with Crippen LogP contribution >= 0.6 is 0 Å². The third kappa shape index (κ3) is 8.44.